The highest BCUT2D eigenvalue weighted by Crippen LogP contribution is 2.22. The van der Waals surface area contributed by atoms with Crippen LogP contribution in [0, 0.1) is 0 Å². The lowest BCUT2D eigenvalue weighted by atomic mass is 10.2. The van der Waals surface area contributed by atoms with Crippen molar-refractivity contribution in [3.05, 3.63) is 23.8 Å². The third-order valence-corrected chi connectivity index (χ3v) is 3.17. The smallest absolute Gasteiger partial charge is 0.347 e. The van der Waals surface area contributed by atoms with Crippen molar-refractivity contribution in [1.29, 1.82) is 0 Å². The Labute approximate surface area is 132 Å². The van der Waals surface area contributed by atoms with Crippen molar-refractivity contribution in [3.8, 4) is 11.5 Å². The van der Waals surface area contributed by atoms with Gasteiger partial charge in [-0.2, -0.15) is 0 Å². The molecule has 0 aliphatic carbocycles. The van der Waals surface area contributed by atoms with Crippen LogP contribution < -0.4 is 14.8 Å². The van der Waals surface area contributed by atoms with Crippen molar-refractivity contribution in [2.45, 2.75) is 12.5 Å². The molecule has 0 bridgehead atoms. The molecule has 0 radical (unpaired) electrons. The largest absolute Gasteiger partial charge is 0.497 e. The molecule has 8 heteroatoms. The van der Waals surface area contributed by atoms with E-state index in [9.17, 15) is 14.4 Å². The maximum absolute atomic E-state index is 12.1. The van der Waals surface area contributed by atoms with Crippen molar-refractivity contribution >= 4 is 17.8 Å². The quantitative estimate of drug-likeness (QED) is 0.751. The lowest BCUT2D eigenvalue weighted by Gasteiger charge is -2.10. The zero-order valence-corrected chi connectivity index (χ0v) is 12.8. The molecule has 0 unspecified atom stereocenters. The van der Waals surface area contributed by atoms with Crippen LogP contribution >= 0.6 is 0 Å². The zero-order valence-electron chi connectivity index (χ0n) is 12.8. The summed E-state index contributed by atoms with van der Waals surface area (Å²) in [5, 5.41) is 2.41. The summed E-state index contributed by atoms with van der Waals surface area (Å²) in [7, 11) is 2.93. The molecule has 0 aromatic heterocycles. The first kappa shape index (κ1) is 16.6. The van der Waals surface area contributed by atoms with Gasteiger partial charge in [-0.3, -0.25) is 9.59 Å². The Morgan fingerprint density at radius 3 is 2.39 bits per heavy atom. The first-order chi connectivity index (χ1) is 11.0. The minimum Gasteiger partial charge on any atom is -0.497 e. The maximum Gasteiger partial charge on any atom is 0.347 e. The highest BCUT2D eigenvalue weighted by molar-refractivity contribution is 5.96. The Morgan fingerprint density at radius 1 is 1.22 bits per heavy atom. The second kappa shape index (κ2) is 7.48. The fourth-order valence-electron chi connectivity index (χ4n) is 1.98. The standard InChI is InChI=1S/C15H17NO7/c1-20-10-5-9(6-11(7-10)21-2)14(18)16-8-13(17)23-12-3-4-22-15(12)19/h5-7,12H,3-4,8H2,1-2H3,(H,16,18)/t12-/m0/s1. The van der Waals surface area contributed by atoms with Gasteiger partial charge in [-0.25, -0.2) is 4.79 Å². The molecule has 124 valence electrons. The number of hydrogen-bond acceptors (Lipinski definition) is 7. The van der Waals surface area contributed by atoms with Crippen LogP contribution in [-0.4, -0.2) is 51.3 Å². The van der Waals surface area contributed by atoms with Crippen molar-refractivity contribution in [2.75, 3.05) is 27.4 Å². The molecule has 0 spiro atoms. The number of hydrogen-bond donors (Lipinski definition) is 1. The SMILES string of the molecule is COc1cc(OC)cc(C(=O)NCC(=O)O[C@H]2CCOC2=O)c1. The van der Waals surface area contributed by atoms with E-state index in [1.54, 1.807) is 6.07 Å². The van der Waals surface area contributed by atoms with E-state index in [-0.39, 0.29) is 18.7 Å². The second-order valence-corrected chi connectivity index (χ2v) is 4.72. The number of amides is 1. The average Bonchev–Trinajstić information content (AvgIpc) is 2.96. The number of carbonyl (C=O) groups is 3. The minimum absolute atomic E-state index is 0.229. The van der Waals surface area contributed by atoms with Crippen LogP contribution in [0.5, 0.6) is 11.5 Å². The minimum atomic E-state index is -0.892. The molecule has 1 saturated heterocycles. The molecule has 8 nitrogen and oxygen atoms in total. The van der Waals surface area contributed by atoms with Crippen molar-refractivity contribution in [3.63, 3.8) is 0 Å². The molecule has 1 aliphatic heterocycles. The van der Waals surface area contributed by atoms with E-state index in [2.05, 4.69) is 10.1 Å². The molecule has 1 amide bonds. The molecule has 2 rings (SSSR count). The Balaban J connectivity index is 1.91. The Morgan fingerprint density at radius 2 is 1.87 bits per heavy atom. The van der Waals surface area contributed by atoms with Crippen LogP contribution in [0.25, 0.3) is 0 Å². The third kappa shape index (κ3) is 4.35. The Bertz CT molecular complexity index is 592. The van der Waals surface area contributed by atoms with Crippen molar-refractivity contribution in [2.24, 2.45) is 0 Å². The van der Waals surface area contributed by atoms with Crippen LogP contribution in [0.2, 0.25) is 0 Å². The van der Waals surface area contributed by atoms with Gasteiger partial charge in [0, 0.05) is 18.1 Å². The van der Waals surface area contributed by atoms with Gasteiger partial charge < -0.3 is 24.3 Å². The Kier molecular flexibility index (Phi) is 5.40. The highest BCUT2D eigenvalue weighted by Gasteiger charge is 2.30. The maximum atomic E-state index is 12.1. The van der Waals surface area contributed by atoms with Crippen molar-refractivity contribution < 1.29 is 33.3 Å². The number of cyclic esters (lactones) is 1. The first-order valence-electron chi connectivity index (χ1n) is 6.91. The lowest BCUT2D eigenvalue weighted by molar-refractivity contribution is -0.159. The number of esters is 2. The van der Waals surface area contributed by atoms with Gasteiger partial charge in [0.15, 0.2) is 0 Å². The molecule has 1 N–H and O–H groups in total. The van der Waals surface area contributed by atoms with Crippen molar-refractivity contribution in [1.82, 2.24) is 5.32 Å². The fraction of sp³-hybridized carbons (Fsp3) is 0.400. The fourth-order valence-corrected chi connectivity index (χ4v) is 1.98. The van der Waals surface area contributed by atoms with E-state index in [0.717, 1.165) is 0 Å². The summed E-state index contributed by atoms with van der Waals surface area (Å²) in [6.45, 7) is -0.130. The van der Waals surface area contributed by atoms with Gasteiger partial charge in [0.1, 0.15) is 18.0 Å². The molecule has 1 aromatic rings. The predicted molar refractivity (Wildman–Crippen MR) is 77.3 cm³/mol. The van der Waals surface area contributed by atoms with Crippen LogP contribution in [0.3, 0.4) is 0 Å². The second-order valence-electron chi connectivity index (χ2n) is 4.72. The topological polar surface area (TPSA) is 100 Å². The predicted octanol–water partition coefficient (Wildman–Crippen LogP) is 0.292. The number of carbonyl (C=O) groups excluding carboxylic acids is 3. The van der Waals surface area contributed by atoms with E-state index in [1.165, 1.54) is 26.4 Å². The van der Waals surface area contributed by atoms with Gasteiger partial charge in [-0.05, 0) is 12.1 Å². The van der Waals surface area contributed by atoms with E-state index in [1.807, 2.05) is 0 Å². The highest BCUT2D eigenvalue weighted by atomic mass is 16.6. The molecule has 1 atom stereocenters. The Hall–Kier alpha value is -2.77. The van der Waals surface area contributed by atoms with Gasteiger partial charge in [-0.1, -0.05) is 0 Å². The summed E-state index contributed by atoms with van der Waals surface area (Å²) >= 11 is 0. The van der Waals surface area contributed by atoms with Crippen LogP contribution in [-0.2, 0) is 19.1 Å². The number of rotatable bonds is 6. The number of nitrogens with one attached hydrogen (secondary N) is 1. The van der Waals surface area contributed by atoms with E-state index in [0.29, 0.717) is 17.9 Å². The van der Waals surface area contributed by atoms with Gasteiger partial charge in [0.2, 0.25) is 6.10 Å². The summed E-state index contributed by atoms with van der Waals surface area (Å²) in [6, 6.07) is 4.64. The van der Waals surface area contributed by atoms with Crippen LogP contribution in [0.15, 0.2) is 18.2 Å². The van der Waals surface area contributed by atoms with Crippen LogP contribution in [0.1, 0.15) is 16.8 Å². The molecule has 1 aliphatic rings. The zero-order chi connectivity index (χ0) is 16.8. The summed E-state index contributed by atoms with van der Waals surface area (Å²) in [5.41, 5.74) is 0.272. The summed E-state index contributed by atoms with van der Waals surface area (Å²) in [4.78, 5) is 34.9. The average molecular weight is 323 g/mol. The molecule has 23 heavy (non-hydrogen) atoms. The molecular weight excluding hydrogens is 306 g/mol. The lowest BCUT2D eigenvalue weighted by Crippen LogP contribution is -2.33. The molecule has 1 heterocycles. The van der Waals surface area contributed by atoms with Gasteiger partial charge in [-0.15, -0.1) is 0 Å². The first-order valence-corrected chi connectivity index (χ1v) is 6.91. The summed E-state index contributed by atoms with van der Waals surface area (Å²) < 4.78 is 19.7. The molecular formula is C15H17NO7. The number of benzene rings is 1. The van der Waals surface area contributed by atoms with E-state index < -0.39 is 23.9 Å². The van der Waals surface area contributed by atoms with Crippen LogP contribution in [0.4, 0.5) is 0 Å². The van der Waals surface area contributed by atoms with Gasteiger partial charge >= 0.3 is 11.9 Å². The molecule has 1 fully saturated rings. The van der Waals surface area contributed by atoms with Gasteiger partial charge in [0.25, 0.3) is 5.91 Å². The van der Waals surface area contributed by atoms with Gasteiger partial charge in [0.05, 0.1) is 20.8 Å². The number of methoxy groups -OCH3 is 2. The normalized spacial score (nSPS) is 16.4. The van der Waals surface area contributed by atoms with E-state index >= 15 is 0 Å². The number of ether oxygens (including phenoxy) is 4. The third-order valence-electron chi connectivity index (χ3n) is 3.17. The molecule has 0 saturated carbocycles. The monoisotopic (exact) mass is 323 g/mol. The van der Waals surface area contributed by atoms with E-state index in [4.69, 9.17) is 14.2 Å². The summed E-state index contributed by atoms with van der Waals surface area (Å²) in [5.74, 6) is -0.871. The summed E-state index contributed by atoms with van der Waals surface area (Å²) in [6.07, 6.45) is -0.567. The molecule has 1 aromatic carbocycles.